The van der Waals surface area contributed by atoms with Gasteiger partial charge in [-0.05, 0) is 0 Å². The quantitative estimate of drug-likeness (QED) is 0.428. The zero-order chi connectivity index (χ0) is 0. The van der Waals surface area contributed by atoms with Crippen LogP contribution in [0.25, 0.3) is 0 Å². The van der Waals surface area contributed by atoms with Crippen LogP contribution in [0.4, 0.5) is 0 Å². The maximum Gasteiger partial charge on any atom is 0 e. The Morgan fingerprint density at radius 3 is 0.750 bits per heavy atom. The van der Waals surface area contributed by atoms with E-state index >= 15 is 0 Å². The van der Waals surface area contributed by atoms with Crippen LogP contribution in [0.2, 0.25) is 0 Å². The molecular formula is CuMnO2-4. The van der Waals surface area contributed by atoms with E-state index in [0.29, 0.717) is 0 Å². The minimum Gasteiger partial charge on any atom is -2.00 e. The fraction of sp³-hybridized carbons (Fsp3) is 0. The predicted octanol–water partition coefficient (Wildman–Crippen LogP) is -0.243. The van der Waals surface area contributed by atoms with E-state index in [1.165, 1.54) is 0 Å². The molecule has 0 fully saturated rings. The molecular weight excluding hydrogens is 150 g/mol. The molecule has 0 aliphatic heterocycles. The Morgan fingerprint density at radius 1 is 0.750 bits per heavy atom. The summed E-state index contributed by atoms with van der Waals surface area (Å²) in [7, 11) is 0. The van der Waals surface area contributed by atoms with Gasteiger partial charge in [-0.25, -0.2) is 0 Å². The first kappa shape index (κ1) is 84.5. The Labute approximate surface area is 45.5 Å². The summed E-state index contributed by atoms with van der Waals surface area (Å²) in [6.45, 7) is 0. The van der Waals surface area contributed by atoms with Gasteiger partial charge in [-0.1, -0.05) is 0 Å². The summed E-state index contributed by atoms with van der Waals surface area (Å²) in [6, 6.07) is 0. The summed E-state index contributed by atoms with van der Waals surface area (Å²) < 4.78 is 0. The number of hydrogen-bond acceptors (Lipinski definition) is 0. The average molecular weight is 150 g/mol. The Bertz CT molecular complexity index is 6.00. The van der Waals surface area contributed by atoms with Crippen molar-refractivity contribution >= 4 is 0 Å². The van der Waals surface area contributed by atoms with Crippen LogP contribution in [0, 0.1) is 0 Å². The van der Waals surface area contributed by atoms with Crippen molar-refractivity contribution in [3.05, 3.63) is 0 Å². The van der Waals surface area contributed by atoms with Crippen LogP contribution in [0.5, 0.6) is 0 Å². The van der Waals surface area contributed by atoms with Gasteiger partial charge in [0.2, 0.25) is 0 Å². The van der Waals surface area contributed by atoms with E-state index in [4.69, 9.17) is 0 Å². The maximum absolute atomic E-state index is 0. The molecule has 0 rings (SSSR count). The van der Waals surface area contributed by atoms with E-state index in [0.717, 1.165) is 0 Å². The summed E-state index contributed by atoms with van der Waals surface area (Å²) in [5.74, 6) is 0. The first-order valence-corrected chi connectivity index (χ1v) is 0. The minimum atomic E-state index is 0. The van der Waals surface area contributed by atoms with Gasteiger partial charge in [0, 0.05) is 34.1 Å². The third-order valence-corrected chi connectivity index (χ3v) is 0. The van der Waals surface area contributed by atoms with Crippen molar-refractivity contribution in [3.8, 4) is 0 Å². The van der Waals surface area contributed by atoms with Gasteiger partial charge in [0.05, 0.1) is 0 Å². The van der Waals surface area contributed by atoms with Gasteiger partial charge in [0.25, 0.3) is 0 Å². The van der Waals surface area contributed by atoms with Crippen LogP contribution in [0.1, 0.15) is 0 Å². The van der Waals surface area contributed by atoms with Crippen LogP contribution < -0.4 is 0 Å². The van der Waals surface area contributed by atoms with Crippen LogP contribution in [0.15, 0.2) is 0 Å². The van der Waals surface area contributed by atoms with Gasteiger partial charge >= 0.3 is 0 Å². The summed E-state index contributed by atoms with van der Waals surface area (Å²) in [5.41, 5.74) is 0. The van der Waals surface area contributed by atoms with E-state index in [2.05, 4.69) is 0 Å². The SMILES string of the molecule is [Cu].[Mn].[O-2].[O-2]. The van der Waals surface area contributed by atoms with Gasteiger partial charge in [-0.15, -0.1) is 0 Å². The topological polar surface area (TPSA) is 57.0 Å². The van der Waals surface area contributed by atoms with Gasteiger partial charge in [-0.3, -0.25) is 0 Å². The third kappa shape index (κ3) is 12.3. The first-order valence-electron chi connectivity index (χ1n) is 0. The molecule has 0 aromatic rings. The molecule has 0 saturated carbocycles. The molecule has 34 valence electrons. The van der Waals surface area contributed by atoms with Crippen LogP contribution >= 0.6 is 0 Å². The second-order valence-electron chi connectivity index (χ2n) is 0. The fourth-order valence-electron chi connectivity index (χ4n) is 0. The maximum atomic E-state index is 0. The Kier molecular flexibility index (Phi) is 796. The zero-order valence-electron chi connectivity index (χ0n) is 1.50. The summed E-state index contributed by atoms with van der Waals surface area (Å²) in [5, 5.41) is 0. The summed E-state index contributed by atoms with van der Waals surface area (Å²) in [6.07, 6.45) is 0. The Morgan fingerprint density at radius 2 is 0.750 bits per heavy atom. The second kappa shape index (κ2) is 37.7. The molecule has 0 saturated heterocycles. The van der Waals surface area contributed by atoms with Crippen molar-refractivity contribution in [2.24, 2.45) is 0 Å². The van der Waals surface area contributed by atoms with E-state index < -0.39 is 0 Å². The predicted molar refractivity (Wildman–Crippen MR) is 1.37 cm³/mol. The van der Waals surface area contributed by atoms with Crippen molar-refractivity contribution in [2.75, 3.05) is 0 Å². The van der Waals surface area contributed by atoms with Gasteiger partial charge in [0.15, 0.2) is 0 Å². The van der Waals surface area contributed by atoms with Crippen LogP contribution in [-0.4, -0.2) is 0 Å². The Balaban J connectivity index is 0. The largest absolute Gasteiger partial charge is 2.00 e. The molecule has 0 amide bonds. The van der Waals surface area contributed by atoms with E-state index in [-0.39, 0.29) is 45.1 Å². The fourth-order valence-corrected chi connectivity index (χ4v) is 0. The normalized spacial score (nSPS) is 0. The molecule has 0 spiro atoms. The van der Waals surface area contributed by atoms with Crippen molar-refractivity contribution < 1.29 is 45.1 Å². The number of hydrogen-bond donors (Lipinski definition) is 0. The molecule has 0 heterocycles. The van der Waals surface area contributed by atoms with E-state index in [1.807, 2.05) is 0 Å². The molecule has 0 aliphatic carbocycles. The minimum absolute atomic E-state index is 0. The molecule has 0 aromatic carbocycles. The smallest absolute Gasteiger partial charge is 0 e. The first-order chi connectivity index (χ1) is 0. The molecule has 0 aliphatic rings. The van der Waals surface area contributed by atoms with Crippen molar-refractivity contribution in [2.45, 2.75) is 0 Å². The van der Waals surface area contributed by atoms with E-state index in [1.54, 1.807) is 0 Å². The van der Waals surface area contributed by atoms with Crippen LogP contribution in [0.3, 0.4) is 0 Å². The van der Waals surface area contributed by atoms with Crippen molar-refractivity contribution in [1.29, 1.82) is 0 Å². The Hall–Kier alpha value is 0.959. The van der Waals surface area contributed by atoms with Crippen molar-refractivity contribution in [3.63, 3.8) is 0 Å². The summed E-state index contributed by atoms with van der Waals surface area (Å²) in [4.78, 5) is 0. The van der Waals surface area contributed by atoms with Gasteiger partial charge in [0.1, 0.15) is 0 Å². The van der Waals surface area contributed by atoms with Crippen molar-refractivity contribution in [1.82, 2.24) is 0 Å². The average Bonchev–Trinajstić information content (AvgIpc) is 0. The second-order valence-corrected chi connectivity index (χ2v) is 0. The van der Waals surface area contributed by atoms with Crippen LogP contribution in [-0.2, 0) is 45.1 Å². The molecule has 0 N–H and O–H groups in total. The molecule has 4 heavy (non-hydrogen) atoms. The monoisotopic (exact) mass is 150 g/mol. The zero-order valence-corrected chi connectivity index (χ0v) is 3.62. The van der Waals surface area contributed by atoms with Gasteiger partial charge < -0.3 is 11.0 Å². The van der Waals surface area contributed by atoms with E-state index in [9.17, 15) is 0 Å². The molecule has 4 heteroatoms. The van der Waals surface area contributed by atoms with Gasteiger partial charge in [-0.2, -0.15) is 0 Å². The molecule has 0 aromatic heterocycles. The number of rotatable bonds is 0. The molecule has 2 radical (unpaired) electrons. The molecule has 2 nitrogen and oxygen atoms in total. The summed E-state index contributed by atoms with van der Waals surface area (Å²) >= 11 is 0. The standard InChI is InChI=1S/Cu.Mn.2O/q;;2*-2. The molecule has 0 bridgehead atoms. The molecule has 0 unspecified atom stereocenters. The molecule has 0 atom stereocenters. The third-order valence-electron chi connectivity index (χ3n) is 0.